The molecule has 2 aromatic heterocycles. The van der Waals surface area contributed by atoms with Crippen LogP contribution in [0.4, 0.5) is 0 Å². The number of hydrogen-bond donors (Lipinski definition) is 0. The van der Waals surface area contributed by atoms with E-state index in [1.54, 1.807) is 25.6 Å². The molecule has 0 radical (unpaired) electrons. The Balaban J connectivity index is 1.91. The molecule has 0 bridgehead atoms. The third kappa shape index (κ3) is 3.57. The molecular formula is C16H12Cl2N4O. The fraction of sp³-hybridized carbons (Fsp3) is 0.125. The first-order valence-electron chi connectivity index (χ1n) is 6.79. The van der Waals surface area contributed by atoms with Gasteiger partial charge in [-0.1, -0.05) is 41.4 Å². The van der Waals surface area contributed by atoms with E-state index < -0.39 is 0 Å². The molecule has 0 N–H and O–H groups in total. The summed E-state index contributed by atoms with van der Waals surface area (Å²) in [5.74, 6) is 1.47. The van der Waals surface area contributed by atoms with Crippen LogP contribution in [0.25, 0.3) is 11.6 Å². The lowest BCUT2D eigenvalue weighted by Crippen LogP contribution is -2.00. The fourth-order valence-corrected chi connectivity index (χ4v) is 2.44. The number of benzene rings is 1. The molecule has 3 aromatic rings. The Morgan fingerprint density at radius 1 is 0.957 bits per heavy atom. The Morgan fingerprint density at radius 3 is 2.48 bits per heavy atom. The summed E-state index contributed by atoms with van der Waals surface area (Å²) in [4.78, 5) is 16.7. The minimum absolute atomic E-state index is 0.327. The van der Waals surface area contributed by atoms with Crippen LogP contribution in [-0.4, -0.2) is 27.0 Å². The summed E-state index contributed by atoms with van der Waals surface area (Å²) in [5, 5.41) is 0.678. The first-order chi connectivity index (χ1) is 11.2. The molecule has 116 valence electrons. The molecule has 0 amide bonds. The van der Waals surface area contributed by atoms with Gasteiger partial charge in [-0.25, -0.2) is 19.9 Å². The summed E-state index contributed by atoms with van der Waals surface area (Å²) < 4.78 is 5.35. The predicted octanol–water partition coefficient (Wildman–Crippen LogP) is 3.84. The Bertz CT molecular complexity index is 842. The van der Waals surface area contributed by atoms with Crippen LogP contribution in [-0.2, 0) is 6.42 Å². The normalized spacial score (nSPS) is 10.6. The van der Waals surface area contributed by atoms with Gasteiger partial charge in [0.1, 0.15) is 16.1 Å². The van der Waals surface area contributed by atoms with E-state index in [1.807, 2.05) is 24.3 Å². The van der Waals surface area contributed by atoms with Crippen LogP contribution in [0, 0.1) is 0 Å². The minimum atomic E-state index is 0.327. The zero-order valence-corrected chi connectivity index (χ0v) is 13.7. The van der Waals surface area contributed by atoms with Crippen molar-refractivity contribution in [1.29, 1.82) is 0 Å². The standard InChI is InChI=1S/C16H12Cl2N4O/c1-23-12-5-3-2-4-10(12)8-11-9-20-16(22-14(11)18)15-19-7-6-13(17)21-15/h2-7,9H,8H2,1H3. The lowest BCUT2D eigenvalue weighted by Gasteiger charge is -2.09. The van der Waals surface area contributed by atoms with E-state index in [1.165, 1.54) is 0 Å². The molecule has 0 atom stereocenters. The number of halogens is 2. The van der Waals surface area contributed by atoms with Gasteiger partial charge in [-0.3, -0.25) is 0 Å². The number of methoxy groups -OCH3 is 1. The smallest absolute Gasteiger partial charge is 0.199 e. The summed E-state index contributed by atoms with van der Waals surface area (Å²) >= 11 is 12.1. The molecule has 0 unspecified atom stereocenters. The van der Waals surface area contributed by atoms with Crippen molar-refractivity contribution in [2.24, 2.45) is 0 Å². The third-order valence-electron chi connectivity index (χ3n) is 3.21. The van der Waals surface area contributed by atoms with Crippen LogP contribution in [0.2, 0.25) is 10.3 Å². The predicted molar refractivity (Wildman–Crippen MR) is 88.9 cm³/mol. The lowest BCUT2D eigenvalue weighted by molar-refractivity contribution is 0.410. The van der Waals surface area contributed by atoms with Gasteiger partial charge in [0.05, 0.1) is 7.11 Å². The molecule has 7 heteroatoms. The Morgan fingerprint density at radius 2 is 1.74 bits per heavy atom. The third-order valence-corrected chi connectivity index (χ3v) is 3.74. The average molecular weight is 347 g/mol. The fourth-order valence-electron chi connectivity index (χ4n) is 2.11. The van der Waals surface area contributed by atoms with E-state index in [0.717, 1.165) is 16.9 Å². The Kier molecular flexibility index (Phi) is 4.69. The highest BCUT2D eigenvalue weighted by Crippen LogP contribution is 2.24. The molecule has 2 heterocycles. The van der Waals surface area contributed by atoms with E-state index in [0.29, 0.717) is 28.4 Å². The van der Waals surface area contributed by atoms with Crippen molar-refractivity contribution >= 4 is 23.2 Å². The SMILES string of the molecule is COc1ccccc1Cc1cnc(-c2nccc(Cl)n2)nc1Cl. The second kappa shape index (κ2) is 6.89. The van der Waals surface area contributed by atoms with Gasteiger partial charge in [0.15, 0.2) is 11.6 Å². The number of para-hydroxylation sites is 1. The number of ether oxygens (including phenoxy) is 1. The van der Waals surface area contributed by atoms with E-state index in [4.69, 9.17) is 27.9 Å². The molecule has 1 aromatic carbocycles. The first-order valence-corrected chi connectivity index (χ1v) is 7.55. The van der Waals surface area contributed by atoms with Gasteiger partial charge in [-0.05, 0) is 17.7 Å². The highest BCUT2D eigenvalue weighted by Gasteiger charge is 2.12. The molecule has 0 saturated carbocycles. The van der Waals surface area contributed by atoms with Gasteiger partial charge >= 0.3 is 0 Å². The number of hydrogen-bond acceptors (Lipinski definition) is 5. The molecule has 3 rings (SSSR count). The van der Waals surface area contributed by atoms with Gasteiger partial charge in [0, 0.05) is 24.4 Å². The first kappa shape index (κ1) is 15.6. The quantitative estimate of drug-likeness (QED) is 0.671. The van der Waals surface area contributed by atoms with Crippen molar-refractivity contribution in [3.63, 3.8) is 0 Å². The molecule has 0 spiro atoms. The van der Waals surface area contributed by atoms with Crippen molar-refractivity contribution in [2.75, 3.05) is 7.11 Å². The second-order valence-electron chi connectivity index (χ2n) is 4.70. The molecule has 23 heavy (non-hydrogen) atoms. The van der Waals surface area contributed by atoms with Crippen LogP contribution < -0.4 is 4.74 Å². The summed E-state index contributed by atoms with van der Waals surface area (Å²) in [5.41, 5.74) is 1.80. The summed E-state index contributed by atoms with van der Waals surface area (Å²) in [6, 6.07) is 9.32. The van der Waals surface area contributed by atoms with Gasteiger partial charge in [0.25, 0.3) is 0 Å². The number of rotatable bonds is 4. The Hall–Kier alpha value is -2.24. The zero-order valence-electron chi connectivity index (χ0n) is 12.2. The summed E-state index contributed by atoms with van der Waals surface area (Å²) in [6.45, 7) is 0. The van der Waals surface area contributed by atoms with Crippen LogP contribution >= 0.6 is 23.2 Å². The summed E-state index contributed by atoms with van der Waals surface area (Å²) in [7, 11) is 1.64. The van der Waals surface area contributed by atoms with E-state index in [-0.39, 0.29) is 0 Å². The Labute approximate surface area is 143 Å². The molecule has 5 nitrogen and oxygen atoms in total. The van der Waals surface area contributed by atoms with Crippen LogP contribution in [0.15, 0.2) is 42.7 Å². The second-order valence-corrected chi connectivity index (χ2v) is 5.45. The molecule has 0 aliphatic carbocycles. The van der Waals surface area contributed by atoms with E-state index in [2.05, 4.69) is 19.9 Å². The van der Waals surface area contributed by atoms with Crippen molar-refractivity contribution in [3.05, 3.63) is 64.2 Å². The molecule has 0 fully saturated rings. The van der Waals surface area contributed by atoms with Gasteiger partial charge in [-0.15, -0.1) is 0 Å². The van der Waals surface area contributed by atoms with Crippen molar-refractivity contribution in [1.82, 2.24) is 19.9 Å². The maximum atomic E-state index is 6.28. The van der Waals surface area contributed by atoms with Crippen LogP contribution in [0.5, 0.6) is 5.75 Å². The zero-order chi connectivity index (χ0) is 16.2. The minimum Gasteiger partial charge on any atom is -0.496 e. The van der Waals surface area contributed by atoms with Crippen LogP contribution in [0.1, 0.15) is 11.1 Å². The van der Waals surface area contributed by atoms with Gasteiger partial charge in [-0.2, -0.15) is 0 Å². The lowest BCUT2D eigenvalue weighted by atomic mass is 10.1. The molecule has 0 aliphatic heterocycles. The average Bonchev–Trinajstić information content (AvgIpc) is 2.57. The van der Waals surface area contributed by atoms with Crippen molar-refractivity contribution < 1.29 is 4.74 Å². The maximum absolute atomic E-state index is 6.28. The highest BCUT2D eigenvalue weighted by atomic mass is 35.5. The largest absolute Gasteiger partial charge is 0.496 e. The van der Waals surface area contributed by atoms with Crippen molar-refractivity contribution in [3.8, 4) is 17.4 Å². The van der Waals surface area contributed by atoms with Gasteiger partial charge in [0.2, 0.25) is 0 Å². The topological polar surface area (TPSA) is 60.8 Å². The number of nitrogens with zero attached hydrogens (tertiary/aromatic N) is 4. The van der Waals surface area contributed by atoms with E-state index in [9.17, 15) is 0 Å². The van der Waals surface area contributed by atoms with E-state index >= 15 is 0 Å². The van der Waals surface area contributed by atoms with Crippen molar-refractivity contribution in [2.45, 2.75) is 6.42 Å². The number of aromatic nitrogens is 4. The molecule has 0 aliphatic rings. The monoisotopic (exact) mass is 346 g/mol. The summed E-state index contributed by atoms with van der Waals surface area (Å²) in [6.07, 6.45) is 3.78. The van der Waals surface area contributed by atoms with Gasteiger partial charge < -0.3 is 4.74 Å². The van der Waals surface area contributed by atoms with Crippen LogP contribution in [0.3, 0.4) is 0 Å². The maximum Gasteiger partial charge on any atom is 0.199 e. The molecule has 0 saturated heterocycles. The highest BCUT2D eigenvalue weighted by molar-refractivity contribution is 6.30. The molecular weight excluding hydrogens is 335 g/mol.